The molecular weight excluding hydrogens is 447 g/mol. The van der Waals surface area contributed by atoms with E-state index in [0.717, 1.165) is 38.7 Å². The molecular formula is C22H35IN4. The fourth-order valence-electron chi connectivity index (χ4n) is 3.90. The largest absolute Gasteiger partial charge is 0.357 e. The van der Waals surface area contributed by atoms with E-state index in [1.807, 2.05) is 0 Å². The summed E-state index contributed by atoms with van der Waals surface area (Å²) in [7, 11) is 0. The second-order valence-corrected chi connectivity index (χ2v) is 7.88. The summed E-state index contributed by atoms with van der Waals surface area (Å²) in [6.07, 6.45) is 3.62. The molecule has 0 amide bonds. The number of benzene rings is 1. The first-order valence-corrected chi connectivity index (χ1v) is 10.1. The summed E-state index contributed by atoms with van der Waals surface area (Å²) in [6.45, 7) is 13.4. The zero-order valence-electron chi connectivity index (χ0n) is 16.8. The van der Waals surface area contributed by atoms with Crippen LogP contribution in [0.2, 0.25) is 0 Å². The molecule has 1 saturated carbocycles. The molecule has 1 aromatic rings. The van der Waals surface area contributed by atoms with E-state index in [1.54, 1.807) is 0 Å². The highest BCUT2D eigenvalue weighted by Gasteiger charge is 2.37. The molecule has 0 spiro atoms. The monoisotopic (exact) mass is 482 g/mol. The first-order valence-electron chi connectivity index (χ1n) is 10.1. The lowest BCUT2D eigenvalue weighted by molar-refractivity contribution is 0.221. The van der Waals surface area contributed by atoms with Crippen molar-refractivity contribution in [2.75, 3.05) is 32.7 Å². The highest BCUT2D eigenvalue weighted by molar-refractivity contribution is 14.0. The molecule has 4 nitrogen and oxygen atoms in total. The van der Waals surface area contributed by atoms with Crippen LogP contribution in [0.25, 0.3) is 0 Å². The van der Waals surface area contributed by atoms with Gasteiger partial charge in [0.1, 0.15) is 0 Å². The van der Waals surface area contributed by atoms with Crippen molar-refractivity contribution in [3.05, 3.63) is 48.0 Å². The SMILES string of the molecule is C=C(C)CN1CCC(NC(=NCC2CC2c2ccccc2)NCC)CC1.I. The predicted molar refractivity (Wildman–Crippen MR) is 126 cm³/mol. The normalized spacial score (nSPS) is 23.4. The van der Waals surface area contributed by atoms with Crippen molar-refractivity contribution >= 4 is 29.9 Å². The van der Waals surface area contributed by atoms with Crippen molar-refractivity contribution in [3.63, 3.8) is 0 Å². The zero-order chi connectivity index (χ0) is 18.4. The van der Waals surface area contributed by atoms with E-state index in [0.29, 0.717) is 17.9 Å². The standard InChI is InChI=1S/C22H34N4.HI/c1-4-23-22(25-20-10-12-26(13-11-20)16-17(2)3)24-15-19-14-21(19)18-8-6-5-7-9-18;/h5-9,19-21H,2,4,10-16H2,1,3H3,(H2,23,24,25);1H. The average Bonchev–Trinajstić information content (AvgIpc) is 3.41. The molecule has 1 saturated heterocycles. The third-order valence-corrected chi connectivity index (χ3v) is 5.40. The van der Waals surface area contributed by atoms with Crippen LogP contribution in [0, 0.1) is 5.92 Å². The van der Waals surface area contributed by atoms with Crippen LogP contribution in [0.5, 0.6) is 0 Å². The molecule has 27 heavy (non-hydrogen) atoms. The third kappa shape index (κ3) is 7.11. The highest BCUT2D eigenvalue weighted by Crippen LogP contribution is 2.47. The van der Waals surface area contributed by atoms with Gasteiger partial charge in [-0.3, -0.25) is 9.89 Å². The first-order chi connectivity index (χ1) is 12.7. The number of hydrogen-bond donors (Lipinski definition) is 2. The topological polar surface area (TPSA) is 39.7 Å². The van der Waals surface area contributed by atoms with Crippen LogP contribution in [-0.4, -0.2) is 49.6 Å². The minimum absolute atomic E-state index is 0. The Morgan fingerprint density at radius 1 is 1.22 bits per heavy atom. The van der Waals surface area contributed by atoms with E-state index in [4.69, 9.17) is 4.99 Å². The molecule has 2 unspecified atom stereocenters. The molecule has 0 radical (unpaired) electrons. The first kappa shape index (κ1) is 22.2. The summed E-state index contributed by atoms with van der Waals surface area (Å²) in [4.78, 5) is 7.38. The molecule has 2 atom stereocenters. The van der Waals surface area contributed by atoms with Gasteiger partial charge in [0.15, 0.2) is 5.96 Å². The molecule has 3 rings (SSSR count). The number of hydrogen-bond acceptors (Lipinski definition) is 2. The van der Waals surface area contributed by atoms with Crippen LogP contribution >= 0.6 is 24.0 Å². The van der Waals surface area contributed by atoms with E-state index in [-0.39, 0.29) is 24.0 Å². The van der Waals surface area contributed by atoms with Gasteiger partial charge < -0.3 is 10.6 Å². The molecule has 2 aliphatic rings. The molecule has 1 aliphatic heterocycles. The summed E-state index contributed by atoms with van der Waals surface area (Å²) >= 11 is 0. The number of halogens is 1. The molecule has 5 heteroatoms. The van der Waals surface area contributed by atoms with Crippen LogP contribution in [0.1, 0.15) is 44.6 Å². The van der Waals surface area contributed by atoms with Crippen molar-refractivity contribution in [2.24, 2.45) is 10.9 Å². The molecule has 0 aromatic heterocycles. The van der Waals surface area contributed by atoms with Crippen LogP contribution < -0.4 is 10.6 Å². The van der Waals surface area contributed by atoms with Gasteiger partial charge in [0, 0.05) is 38.8 Å². The Balaban J connectivity index is 0.00000261. The van der Waals surface area contributed by atoms with Crippen molar-refractivity contribution in [2.45, 2.75) is 45.1 Å². The Hall–Kier alpha value is -1.08. The second-order valence-electron chi connectivity index (χ2n) is 7.88. The fourth-order valence-corrected chi connectivity index (χ4v) is 3.90. The van der Waals surface area contributed by atoms with Gasteiger partial charge in [-0.05, 0) is 50.5 Å². The number of aliphatic imine (C=N–C) groups is 1. The number of piperidine rings is 1. The van der Waals surface area contributed by atoms with E-state index in [9.17, 15) is 0 Å². The number of nitrogens with one attached hydrogen (secondary N) is 2. The maximum absolute atomic E-state index is 4.88. The van der Waals surface area contributed by atoms with E-state index in [2.05, 4.69) is 66.3 Å². The maximum Gasteiger partial charge on any atom is 0.191 e. The summed E-state index contributed by atoms with van der Waals surface area (Å²) in [5.41, 5.74) is 2.72. The highest BCUT2D eigenvalue weighted by atomic mass is 127. The van der Waals surface area contributed by atoms with Gasteiger partial charge in [0.2, 0.25) is 0 Å². The minimum Gasteiger partial charge on any atom is -0.357 e. The van der Waals surface area contributed by atoms with Gasteiger partial charge in [0.25, 0.3) is 0 Å². The number of nitrogens with zero attached hydrogens (tertiary/aromatic N) is 2. The van der Waals surface area contributed by atoms with Crippen molar-refractivity contribution < 1.29 is 0 Å². The summed E-state index contributed by atoms with van der Waals surface area (Å²) in [6, 6.07) is 11.4. The van der Waals surface area contributed by atoms with E-state index >= 15 is 0 Å². The zero-order valence-corrected chi connectivity index (χ0v) is 19.1. The number of rotatable bonds is 7. The molecule has 150 valence electrons. The van der Waals surface area contributed by atoms with Gasteiger partial charge >= 0.3 is 0 Å². The quantitative estimate of drug-likeness (QED) is 0.267. The Kier molecular flexibility index (Phi) is 9.09. The average molecular weight is 482 g/mol. The number of likely N-dealkylation sites (tertiary alicyclic amines) is 1. The number of guanidine groups is 1. The van der Waals surface area contributed by atoms with Crippen molar-refractivity contribution in [1.29, 1.82) is 0 Å². The lowest BCUT2D eigenvalue weighted by Crippen LogP contribution is -2.49. The molecule has 1 heterocycles. The van der Waals surface area contributed by atoms with Gasteiger partial charge in [-0.25, -0.2) is 0 Å². The maximum atomic E-state index is 4.88. The summed E-state index contributed by atoms with van der Waals surface area (Å²) in [5, 5.41) is 7.08. The molecule has 0 bridgehead atoms. The third-order valence-electron chi connectivity index (χ3n) is 5.40. The Morgan fingerprint density at radius 3 is 2.56 bits per heavy atom. The van der Waals surface area contributed by atoms with Crippen LogP contribution in [0.15, 0.2) is 47.5 Å². The van der Waals surface area contributed by atoms with Gasteiger partial charge in [0.05, 0.1) is 0 Å². The van der Waals surface area contributed by atoms with Crippen molar-refractivity contribution in [3.8, 4) is 0 Å². The van der Waals surface area contributed by atoms with E-state index in [1.165, 1.54) is 30.4 Å². The minimum atomic E-state index is 0. The summed E-state index contributed by atoms with van der Waals surface area (Å²) in [5.74, 6) is 2.39. The molecule has 1 aromatic carbocycles. The predicted octanol–water partition coefficient (Wildman–Crippen LogP) is 4.00. The van der Waals surface area contributed by atoms with Gasteiger partial charge in [-0.2, -0.15) is 0 Å². The van der Waals surface area contributed by atoms with E-state index < -0.39 is 0 Å². The van der Waals surface area contributed by atoms with Crippen molar-refractivity contribution in [1.82, 2.24) is 15.5 Å². The van der Waals surface area contributed by atoms with Crippen LogP contribution in [0.3, 0.4) is 0 Å². The molecule has 1 aliphatic carbocycles. The smallest absolute Gasteiger partial charge is 0.191 e. The molecule has 2 fully saturated rings. The fraction of sp³-hybridized carbons (Fsp3) is 0.591. The van der Waals surface area contributed by atoms with Crippen LogP contribution in [0.4, 0.5) is 0 Å². The Morgan fingerprint density at radius 2 is 1.93 bits per heavy atom. The lowest BCUT2D eigenvalue weighted by atomic mass is 10.0. The molecule has 2 N–H and O–H groups in total. The lowest BCUT2D eigenvalue weighted by Gasteiger charge is -2.33. The Bertz CT molecular complexity index is 608. The summed E-state index contributed by atoms with van der Waals surface area (Å²) < 4.78 is 0. The Labute approximate surface area is 181 Å². The van der Waals surface area contributed by atoms with Gasteiger partial charge in [-0.15, -0.1) is 24.0 Å². The van der Waals surface area contributed by atoms with Gasteiger partial charge in [-0.1, -0.05) is 42.5 Å². The van der Waals surface area contributed by atoms with Crippen LogP contribution in [-0.2, 0) is 0 Å². The second kappa shape index (κ2) is 11.1.